The second-order valence-electron chi connectivity index (χ2n) is 9.38. The highest BCUT2D eigenvalue weighted by molar-refractivity contribution is 7.18. The number of nitro benzene ring substituents is 1. The van der Waals surface area contributed by atoms with Gasteiger partial charge in [0, 0.05) is 29.8 Å². The number of aromatic nitrogens is 2. The minimum Gasteiger partial charge on any atom is -0.456 e. The zero-order valence-electron chi connectivity index (χ0n) is 20.7. The van der Waals surface area contributed by atoms with Crippen molar-refractivity contribution in [1.82, 2.24) is 14.3 Å². The molecule has 1 fully saturated rings. The molecule has 4 atom stereocenters. The maximum absolute atomic E-state index is 13.4. The number of aliphatic hydroxyl groups is 2. The largest absolute Gasteiger partial charge is 0.456 e. The van der Waals surface area contributed by atoms with Gasteiger partial charge in [-0.05, 0) is 31.5 Å². The third-order valence-electron chi connectivity index (χ3n) is 7.05. The molecule has 0 unspecified atom stereocenters. The Kier molecular flexibility index (Phi) is 6.37. The summed E-state index contributed by atoms with van der Waals surface area (Å²) in [5.41, 5.74) is 1.18. The first-order valence-electron chi connectivity index (χ1n) is 11.8. The first-order chi connectivity index (χ1) is 18.0. The number of hydrogen-bond donors (Lipinski definition) is 2. The molecule has 5 rings (SSSR count). The molecule has 4 heterocycles. The van der Waals surface area contributed by atoms with E-state index in [9.17, 15) is 34.7 Å². The van der Waals surface area contributed by atoms with E-state index in [-0.39, 0.29) is 35.5 Å². The minimum atomic E-state index is -0.915. The third kappa shape index (κ3) is 3.90. The van der Waals surface area contributed by atoms with Crippen LogP contribution < -0.4 is 0 Å². The molecule has 2 N–H and O–H groups in total. The molecule has 3 aromatic rings. The molecule has 0 radical (unpaired) electrons. The van der Waals surface area contributed by atoms with Gasteiger partial charge in [-0.1, -0.05) is 6.92 Å². The molecule has 0 aliphatic carbocycles. The van der Waals surface area contributed by atoms with Gasteiger partial charge in [0.25, 0.3) is 5.69 Å². The van der Waals surface area contributed by atoms with Gasteiger partial charge in [0.1, 0.15) is 35.3 Å². The van der Waals surface area contributed by atoms with Crippen LogP contribution in [0, 0.1) is 28.9 Å². The van der Waals surface area contributed by atoms with Crippen molar-refractivity contribution in [2.75, 3.05) is 6.61 Å². The number of imidazole rings is 1. The lowest BCUT2D eigenvalue weighted by Crippen LogP contribution is -2.63. The summed E-state index contributed by atoms with van der Waals surface area (Å²) in [7, 11) is 0. The number of carbonyl (C=O) groups is 3. The number of ketones is 1. The Balaban J connectivity index is 1.54. The summed E-state index contributed by atoms with van der Waals surface area (Å²) in [4.78, 5) is 55.8. The third-order valence-corrected chi connectivity index (χ3v) is 8.18. The van der Waals surface area contributed by atoms with E-state index in [1.54, 1.807) is 17.5 Å². The van der Waals surface area contributed by atoms with Gasteiger partial charge in [-0.3, -0.25) is 24.1 Å². The molecule has 38 heavy (non-hydrogen) atoms. The summed E-state index contributed by atoms with van der Waals surface area (Å²) in [6.07, 6.45) is 0.821. The average Bonchev–Trinajstić information content (AvgIpc) is 3.51. The van der Waals surface area contributed by atoms with Crippen LogP contribution in [0.2, 0.25) is 0 Å². The smallest absolute Gasteiger partial charge is 0.355 e. The van der Waals surface area contributed by atoms with Crippen molar-refractivity contribution in [2.24, 2.45) is 11.8 Å². The number of Topliss-reactive ketones (excluding diaryl/α,β-unsaturated/α-hetero) is 1. The maximum Gasteiger partial charge on any atom is 0.355 e. The number of aliphatic hydroxyl groups excluding tert-OH is 2. The van der Waals surface area contributed by atoms with E-state index in [1.165, 1.54) is 47.4 Å². The monoisotopic (exact) mass is 540 g/mol. The van der Waals surface area contributed by atoms with Crippen molar-refractivity contribution >= 4 is 45.1 Å². The number of non-ortho nitro benzene ring substituents is 1. The fourth-order valence-corrected chi connectivity index (χ4v) is 6.52. The van der Waals surface area contributed by atoms with E-state index in [4.69, 9.17) is 4.74 Å². The number of fused-ring (bicyclic) bond motifs is 2. The van der Waals surface area contributed by atoms with E-state index in [0.29, 0.717) is 26.7 Å². The predicted octanol–water partition coefficient (Wildman–Crippen LogP) is 2.10. The second kappa shape index (κ2) is 9.42. The highest BCUT2D eigenvalue weighted by Gasteiger charge is 2.60. The Morgan fingerprint density at radius 3 is 2.58 bits per heavy atom. The van der Waals surface area contributed by atoms with Gasteiger partial charge in [0.05, 0.1) is 27.9 Å². The fourth-order valence-electron chi connectivity index (χ4n) is 5.22. The topological polar surface area (TPSA) is 165 Å². The first-order valence-corrected chi connectivity index (χ1v) is 12.7. The van der Waals surface area contributed by atoms with E-state index < -0.39 is 41.3 Å². The van der Waals surface area contributed by atoms with Crippen molar-refractivity contribution in [2.45, 2.75) is 39.5 Å². The van der Waals surface area contributed by atoms with Crippen molar-refractivity contribution in [3.63, 3.8) is 0 Å². The van der Waals surface area contributed by atoms with Gasteiger partial charge < -0.3 is 19.8 Å². The summed E-state index contributed by atoms with van der Waals surface area (Å²) in [5.74, 6) is -2.15. The molecule has 1 saturated heterocycles. The number of amides is 1. The number of aryl methyl sites for hydroxylation is 1. The lowest BCUT2D eigenvalue weighted by Gasteiger charge is -2.46. The predicted molar refractivity (Wildman–Crippen MR) is 134 cm³/mol. The maximum atomic E-state index is 13.4. The van der Waals surface area contributed by atoms with Crippen LogP contribution in [0.1, 0.15) is 40.6 Å². The number of ether oxygens (including phenoxy) is 1. The number of esters is 1. The second-order valence-corrected chi connectivity index (χ2v) is 10.4. The molecule has 0 saturated carbocycles. The summed E-state index contributed by atoms with van der Waals surface area (Å²) >= 11 is 1.21. The van der Waals surface area contributed by atoms with Gasteiger partial charge in [-0.15, -0.1) is 11.3 Å². The van der Waals surface area contributed by atoms with E-state index in [2.05, 4.69) is 4.98 Å². The number of β-lactam (4-membered cyclic amide) rings is 1. The number of hydrogen-bond acceptors (Lipinski definition) is 10. The first kappa shape index (κ1) is 25.7. The molecule has 0 spiro atoms. The molecule has 1 amide bonds. The van der Waals surface area contributed by atoms with Crippen molar-refractivity contribution < 1.29 is 34.3 Å². The van der Waals surface area contributed by atoms with Gasteiger partial charge in [0.2, 0.25) is 11.7 Å². The lowest BCUT2D eigenvalue weighted by molar-refractivity contribution is -0.384. The average molecular weight is 541 g/mol. The Labute approximate surface area is 219 Å². The number of nitrogens with zero attached hydrogens (tertiary/aromatic N) is 4. The van der Waals surface area contributed by atoms with Crippen molar-refractivity contribution in [3.8, 4) is 0 Å². The Morgan fingerprint density at radius 2 is 1.97 bits per heavy atom. The van der Waals surface area contributed by atoms with Gasteiger partial charge >= 0.3 is 5.97 Å². The highest BCUT2D eigenvalue weighted by atomic mass is 32.1. The number of rotatable bonds is 8. The van der Waals surface area contributed by atoms with E-state index in [1.807, 2.05) is 6.92 Å². The SMILES string of the molecule is Cc1nc(C(=O)CO)c2sc(C3=C(C(=O)OCc4ccc([N+](=O)[O-])cc4)N4C(=O)[C@H]([C@@H](C)O)[C@H]4[C@H]3C)cn12. The van der Waals surface area contributed by atoms with Gasteiger partial charge in [-0.25, -0.2) is 9.78 Å². The van der Waals surface area contributed by atoms with Crippen LogP contribution in [0.5, 0.6) is 0 Å². The highest BCUT2D eigenvalue weighted by Crippen LogP contribution is 2.52. The molecule has 0 bridgehead atoms. The summed E-state index contributed by atoms with van der Waals surface area (Å²) in [6.45, 7) is 4.25. The van der Waals surface area contributed by atoms with E-state index >= 15 is 0 Å². The van der Waals surface area contributed by atoms with Crippen LogP contribution in [0.25, 0.3) is 10.4 Å². The molecule has 12 nitrogen and oxygen atoms in total. The minimum absolute atomic E-state index is 0.0662. The summed E-state index contributed by atoms with van der Waals surface area (Å²) in [5, 5.41) is 30.5. The van der Waals surface area contributed by atoms with Gasteiger partial charge in [-0.2, -0.15) is 0 Å². The fraction of sp³-hybridized carbons (Fsp3) is 0.360. The zero-order chi connectivity index (χ0) is 27.5. The van der Waals surface area contributed by atoms with Crippen LogP contribution in [-0.4, -0.2) is 65.8 Å². The Hall–Kier alpha value is -3.94. The number of nitro groups is 1. The molecule has 1 aromatic carbocycles. The normalized spacial score (nSPS) is 21.4. The van der Waals surface area contributed by atoms with Gasteiger partial charge in [0.15, 0.2) is 0 Å². The number of carbonyl (C=O) groups excluding carboxylic acids is 3. The van der Waals surface area contributed by atoms with E-state index in [0.717, 1.165) is 0 Å². The summed E-state index contributed by atoms with van der Waals surface area (Å²) < 4.78 is 7.24. The van der Waals surface area contributed by atoms with Crippen LogP contribution in [0.3, 0.4) is 0 Å². The zero-order valence-corrected chi connectivity index (χ0v) is 21.5. The number of thiazole rings is 1. The van der Waals surface area contributed by atoms with Crippen LogP contribution in [-0.2, 0) is 20.9 Å². The molecule has 2 aromatic heterocycles. The molecule has 13 heteroatoms. The van der Waals surface area contributed by atoms with Crippen LogP contribution in [0.15, 0.2) is 36.2 Å². The molecule has 2 aliphatic rings. The van der Waals surface area contributed by atoms with Crippen molar-refractivity contribution in [3.05, 3.63) is 68.2 Å². The number of benzene rings is 1. The van der Waals surface area contributed by atoms with Crippen LogP contribution >= 0.6 is 11.3 Å². The quantitative estimate of drug-likeness (QED) is 0.143. The molecule has 198 valence electrons. The Bertz CT molecular complexity index is 1520. The van der Waals surface area contributed by atoms with Crippen molar-refractivity contribution in [1.29, 1.82) is 0 Å². The summed E-state index contributed by atoms with van der Waals surface area (Å²) in [6, 6.07) is 5.14. The lowest BCUT2D eigenvalue weighted by atomic mass is 9.77. The molecular formula is C25H24N4O8S. The Morgan fingerprint density at radius 1 is 1.29 bits per heavy atom. The van der Waals surface area contributed by atoms with Crippen LogP contribution in [0.4, 0.5) is 5.69 Å². The molecule has 2 aliphatic heterocycles. The molecular weight excluding hydrogens is 516 g/mol. The standard InChI is InChI=1S/C25H24N4O8S/c1-11-18(17-8-27-13(3)26-20(16(32)9-30)24(27)38-17)22(28-21(11)19(12(2)31)23(28)33)25(34)37-10-14-4-6-15(7-5-14)29(35)36/h4-8,11-12,19,21,30-31H,9-10H2,1-3H3/t11-,12+,19+,21+/m0/s1.